The number of rotatable bonds is 4. The van der Waals surface area contributed by atoms with Crippen LogP contribution >= 0.6 is 0 Å². The number of fused-ring (bicyclic) bond motifs is 1. The Balaban J connectivity index is 2.15. The maximum atomic E-state index is 11.9. The van der Waals surface area contributed by atoms with Crippen LogP contribution in [0, 0.1) is 0 Å². The van der Waals surface area contributed by atoms with Crippen molar-refractivity contribution in [2.45, 2.75) is 4.90 Å². The van der Waals surface area contributed by atoms with Crippen LogP contribution in [0.5, 0.6) is 0 Å². The first-order chi connectivity index (χ1) is 13.2. The molecule has 3 aromatic rings. The van der Waals surface area contributed by atoms with Gasteiger partial charge in [0.15, 0.2) is 0 Å². The highest BCUT2D eigenvalue weighted by Gasteiger charge is 2.15. The minimum Gasteiger partial charge on any atom is -0.465 e. The van der Waals surface area contributed by atoms with E-state index in [0.29, 0.717) is 21.9 Å². The van der Waals surface area contributed by atoms with Gasteiger partial charge in [-0.2, -0.15) is 8.42 Å². The fourth-order valence-corrected chi connectivity index (χ4v) is 3.35. The van der Waals surface area contributed by atoms with E-state index < -0.39 is 22.1 Å². The molecule has 144 valence electrons. The van der Waals surface area contributed by atoms with Crippen molar-refractivity contribution < 1.29 is 32.0 Å². The molecule has 0 unspecified atom stereocenters. The van der Waals surface area contributed by atoms with Crippen LogP contribution < -0.4 is 0 Å². The van der Waals surface area contributed by atoms with E-state index in [4.69, 9.17) is 9.47 Å². The highest BCUT2D eigenvalue weighted by molar-refractivity contribution is 7.85. The highest BCUT2D eigenvalue weighted by Crippen LogP contribution is 2.28. The molecule has 8 heteroatoms. The van der Waals surface area contributed by atoms with Crippen molar-refractivity contribution in [1.29, 1.82) is 0 Å². The zero-order chi connectivity index (χ0) is 20.5. The molecule has 3 rings (SSSR count). The Morgan fingerprint density at radius 1 is 0.750 bits per heavy atom. The van der Waals surface area contributed by atoms with Gasteiger partial charge in [0.1, 0.15) is 0 Å². The molecule has 1 N–H and O–H groups in total. The van der Waals surface area contributed by atoms with Crippen molar-refractivity contribution in [2.75, 3.05) is 14.2 Å². The number of ether oxygens (including phenoxy) is 2. The number of esters is 2. The van der Waals surface area contributed by atoms with Gasteiger partial charge in [0.2, 0.25) is 0 Å². The van der Waals surface area contributed by atoms with Crippen molar-refractivity contribution in [3.63, 3.8) is 0 Å². The molecule has 0 aliphatic heterocycles. The standard InChI is InChI=1S/C20H16O7S/c1-26-19(21)16-8-15(9-17(10-16)20(22)27-2)13-3-4-14-11-18(28(23,24)25)6-5-12(14)7-13/h3-11H,1-2H3,(H,23,24,25). The summed E-state index contributed by atoms with van der Waals surface area (Å²) in [5.41, 5.74) is 1.68. The Hall–Kier alpha value is -3.23. The lowest BCUT2D eigenvalue weighted by Crippen LogP contribution is -2.07. The molecule has 7 nitrogen and oxygen atoms in total. The van der Waals surface area contributed by atoms with Gasteiger partial charge in [0.05, 0.1) is 30.2 Å². The lowest BCUT2D eigenvalue weighted by molar-refractivity contribution is 0.0599. The van der Waals surface area contributed by atoms with E-state index in [-0.39, 0.29) is 16.0 Å². The third-order valence-corrected chi connectivity index (χ3v) is 5.07. The van der Waals surface area contributed by atoms with E-state index in [1.165, 1.54) is 32.4 Å². The van der Waals surface area contributed by atoms with Gasteiger partial charge in [-0.25, -0.2) is 9.59 Å². The topological polar surface area (TPSA) is 107 Å². The zero-order valence-corrected chi connectivity index (χ0v) is 15.8. The van der Waals surface area contributed by atoms with E-state index in [9.17, 15) is 22.6 Å². The van der Waals surface area contributed by atoms with Crippen LogP contribution in [-0.4, -0.2) is 39.1 Å². The molecular weight excluding hydrogens is 384 g/mol. The molecule has 0 aromatic heterocycles. The predicted octanol–water partition coefficient (Wildman–Crippen LogP) is 3.33. The first-order valence-corrected chi connectivity index (χ1v) is 9.50. The Bertz CT molecular complexity index is 1160. The highest BCUT2D eigenvalue weighted by atomic mass is 32.2. The molecular formula is C20H16O7S. The summed E-state index contributed by atoms with van der Waals surface area (Å²) in [4.78, 5) is 23.7. The summed E-state index contributed by atoms with van der Waals surface area (Å²) in [6.07, 6.45) is 0. The van der Waals surface area contributed by atoms with Crippen molar-refractivity contribution in [3.05, 3.63) is 65.7 Å². The largest absolute Gasteiger partial charge is 0.465 e. The van der Waals surface area contributed by atoms with Gasteiger partial charge in [0.25, 0.3) is 10.1 Å². The molecule has 0 saturated heterocycles. The van der Waals surface area contributed by atoms with Crippen molar-refractivity contribution >= 4 is 32.8 Å². The number of hydrogen-bond acceptors (Lipinski definition) is 6. The van der Waals surface area contributed by atoms with Crippen molar-refractivity contribution in [1.82, 2.24) is 0 Å². The molecule has 0 atom stereocenters. The molecule has 0 heterocycles. The molecule has 3 aromatic carbocycles. The Morgan fingerprint density at radius 2 is 1.29 bits per heavy atom. The molecule has 0 aliphatic rings. The normalized spacial score (nSPS) is 11.2. The van der Waals surface area contributed by atoms with Crippen LogP contribution in [-0.2, 0) is 19.6 Å². The summed E-state index contributed by atoms with van der Waals surface area (Å²) in [6, 6.07) is 14.0. The van der Waals surface area contributed by atoms with E-state index in [1.54, 1.807) is 36.4 Å². The number of methoxy groups -OCH3 is 2. The summed E-state index contributed by atoms with van der Waals surface area (Å²) in [7, 11) is -1.80. The van der Waals surface area contributed by atoms with Crippen molar-refractivity contribution in [2.24, 2.45) is 0 Å². The Morgan fingerprint density at radius 3 is 1.82 bits per heavy atom. The second-order valence-electron chi connectivity index (χ2n) is 5.98. The maximum absolute atomic E-state index is 11.9. The van der Waals surface area contributed by atoms with E-state index in [1.807, 2.05) is 0 Å². The molecule has 0 radical (unpaired) electrons. The van der Waals surface area contributed by atoms with Gasteiger partial charge in [-0.15, -0.1) is 0 Å². The predicted molar refractivity (Wildman–Crippen MR) is 102 cm³/mol. The molecule has 0 spiro atoms. The third-order valence-electron chi connectivity index (χ3n) is 4.22. The second kappa shape index (κ2) is 7.41. The van der Waals surface area contributed by atoms with Gasteiger partial charge in [0, 0.05) is 0 Å². The fraction of sp³-hybridized carbons (Fsp3) is 0.100. The summed E-state index contributed by atoms with van der Waals surface area (Å²) in [6.45, 7) is 0. The lowest BCUT2D eigenvalue weighted by atomic mass is 9.97. The SMILES string of the molecule is COC(=O)c1cc(C(=O)OC)cc(-c2ccc3cc(S(=O)(=O)O)ccc3c2)c1. The Labute approximate surface area is 161 Å². The van der Waals surface area contributed by atoms with Crippen LogP contribution in [0.25, 0.3) is 21.9 Å². The van der Waals surface area contributed by atoms with Crippen LogP contribution in [0.3, 0.4) is 0 Å². The summed E-state index contributed by atoms with van der Waals surface area (Å²) < 4.78 is 41.2. The van der Waals surface area contributed by atoms with E-state index in [2.05, 4.69) is 0 Å². The molecule has 0 fully saturated rings. The molecule has 0 amide bonds. The van der Waals surface area contributed by atoms with Crippen LogP contribution in [0.4, 0.5) is 0 Å². The molecule has 0 aliphatic carbocycles. The first-order valence-electron chi connectivity index (χ1n) is 8.06. The van der Waals surface area contributed by atoms with Crippen LogP contribution in [0.1, 0.15) is 20.7 Å². The average molecular weight is 400 g/mol. The fourth-order valence-electron chi connectivity index (χ4n) is 2.83. The minimum absolute atomic E-state index is 0.196. The summed E-state index contributed by atoms with van der Waals surface area (Å²) in [5, 5.41) is 1.32. The monoisotopic (exact) mass is 400 g/mol. The molecule has 0 bridgehead atoms. The quantitative estimate of drug-likeness (QED) is 0.529. The van der Waals surface area contributed by atoms with Crippen LogP contribution in [0.15, 0.2) is 59.5 Å². The van der Waals surface area contributed by atoms with E-state index in [0.717, 1.165) is 0 Å². The van der Waals surface area contributed by atoms with Gasteiger partial charge in [-0.05, 0) is 58.3 Å². The zero-order valence-electron chi connectivity index (χ0n) is 15.0. The van der Waals surface area contributed by atoms with Gasteiger partial charge in [-0.1, -0.05) is 18.2 Å². The van der Waals surface area contributed by atoms with Gasteiger partial charge >= 0.3 is 11.9 Å². The molecule has 28 heavy (non-hydrogen) atoms. The number of carbonyl (C=O) groups is 2. The number of carbonyl (C=O) groups excluding carboxylic acids is 2. The maximum Gasteiger partial charge on any atom is 0.337 e. The number of benzene rings is 3. The summed E-state index contributed by atoms with van der Waals surface area (Å²) >= 11 is 0. The van der Waals surface area contributed by atoms with Gasteiger partial charge in [-0.3, -0.25) is 4.55 Å². The average Bonchev–Trinajstić information content (AvgIpc) is 2.70. The smallest absolute Gasteiger partial charge is 0.337 e. The van der Waals surface area contributed by atoms with Crippen molar-refractivity contribution in [3.8, 4) is 11.1 Å². The third kappa shape index (κ3) is 3.88. The Kier molecular flexibility index (Phi) is 5.17. The lowest BCUT2D eigenvalue weighted by Gasteiger charge is -2.10. The number of hydrogen-bond donors (Lipinski definition) is 1. The molecule has 0 saturated carbocycles. The second-order valence-corrected chi connectivity index (χ2v) is 7.40. The van der Waals surface area contributed by atoms with Gasteiger partial charge < -0.3 is 9.47 Å². The van der Waals surface area contributed by atoms with Crippen LogP contribution in [0.2, 0.25) is 0 Å². The minimum atomic E-state index is -4.30. The summed E-state index contributed by atoms with van der Waals surface area (Å²) in [5.74, 6) is -1.18. The van der Waals surface area contributed by atoms with E-state index >= 15 is 0 Å². The first kappa shape index (κ1) is 19.5.